The summed E-state index contributed by atoms with van der Waals surface area (Å²) in [5, 5.41) is 0. The maximum absolute atomic E-state index is 12.5. The highest BCUT2D eigenvalue weighted by molar-refractivity contribution is 5.66. The molecular weight excluding hydrogens is 500 g/mol. The minimum atomic E-state index is -0.111. The van der Waals surface area contributed by atoms with Crippen molar-refractivity contribution in [2.45, 2.75) is 135 Å². The van der Waals surface area contributed by atoms with Crippen LogP contribution in [0.1, 0.15) is 111 Å². The van der Waals surface area contributed by atoms with Crippen molar-refractivity contribution in [1.82, 2.24) is 4.90 Å². The van der Waals surface area contributed by atoms with Gasteiger partial charge in [0.1, 0.15) is 12.1 Å². The highest BCUT2D eigenvalue weighted by Gasteiger charge is 2.67. The fourth-order valence-corrected chi connectivity index (χ4v) is 11.7. The molecule has 6 rings (SSSR count). The van der Waals surface area contributed by atoms with Crippen LogP contribution in [0.4, 0.5) is 0 Å². The molecule has 0 N–H and O–H groups in total. The molecule has 2 heterocycles. The first-order chi connectivity index (χ1) is 19.0. The van der Waals surface area contributed by atoms with E-state index < -0.39 is 0 Å². The number of carbonyl (C=O) groups excluding carboxylic acids is 2. The number of likely N-dealkylation sites (tertiary alicyclic amines) is 2. The number of rotatable bonds is 4. The van der Waals surface area contributed by atoms with E-state index in [1.165, 1.54) is 90.1 Å². The van der Waals surface area contributed by atoms with Gasteiger partial charge in [-0.1, -0.05) is 20.3 Å². The van der Waals surface area contributed by atoms with Crippen LogP contribution in [0.15, 0.2) is 0 Å². The van der Waals surface area contributed by atoms with Gasteiger partial charge in [0.2, 0.25) is 0 Å². The Balaban J connectivity index is 1.29. The molecule has 2 aliphatic heterocycles. The van der Waals surface area contributed by atoms with Crippen LogP contribution in [-0.4, -0.2) is 78.8 Å². The summed E-state index contributed by atoms with van der Waals surface area (Å²) in [4.78, 5) is 27.4. The molecule has 0 unspecified atom stereocenters. The second-order valence-electron chi connectivity index (χ2n) is 15.8. The highest BCUT2D eigenvalue weighted by atomic mass is 16.5. The van der Waals surface area contributed by atoms with Crippen molar-refractivity contribution >= 4 is 11.9 Å². The number of piperidine rings is 2. The van der Waals surface area contributed by atoms with E-state index in [4.69, 9.17) is 9.47 Å². The van der Waals surface area contributed by atoms with E-state index in [2.05, 4.69) is 25.8 Å². The van der Waals surface area contributed by atoms with Crippen molar-refractivity contribution in [3.63, 3.8) is 0 Å². The number of hydrogen-bond acceptors (Lipinski definition) is 5. The normalized spacial score (nSPS) is 46.9. The minimum absolute atomic E-state index is 0.0466. The van der Waals surface area contributed by atoms with Crippen LogP contribution in [0, 0.1) is 34.5 Å². The summed E-state index contributed by atoms with van der Waals surface area (Å²) in [6, 6.07) is 0.796. The molecule has 0 radical (unpaired) electrons. The molecule has 0 aromatic carbocycles. The number of hydrogen-bond donors (Lipinski definition) is 0. The zero-order valence-corrected chi connectivity index (χ0v) is 26.2. The van der Waals surface area contributed by atoms with Gasteiger partial charge in [-0.3, -0.25) is 14.5 Å². The van der Waals surface area contributed by atoms with Gasteiger partial charge in [-0.2, -0.15) is 0 Å². The average molecular weight is 558 g/mol. The Morgan fingerprint density at radius 3 is 2.15 bits per heavy atom. The molecule has 4 aliphatic carbocycles. The molecule has 0 spiro atoms. The number of nitrogens with zero attached hydrogens (tertiary/aromatic N) is 2. The summed E-state index contributed by atoms with van der Waals surface area (Å²) in [6.07, 6.45) is 16.3. The Morgan fingerprint density at radius 1 is 0.800 bits per heavy atom. The lowest BCUT2D eigenvalue weighted by Crippen LogP contribution is -2.61. The highest BCUT2D eigenvalue weighted by Crippen LogP contribution is 2.67. The second-order valence-corrected chi connectivity index (χ2v) is 15.8. The molecule has 0 aromatic rings. The number of carbonyl (C=O) groups is 2. The van der Waals surface area contributed by atoms with Crippen molar-refractivity contribution in [1.29, 1.82) is 0 Å². The van der Waals surface area contributed by atoms with Crippen molar-refractivity contribution < 1.29 is 23.5 Å². The van der Waals surface area contributed by atoms with Gasteiger partial charge in [0, 0.05) is 31.7 Å². The molecular formula is C34H57N2O4+. The zero-order valence-electron chi connectivity index (χ0n) is 26.2. The van der Waals surface area contributed by atoms with Gasteiger partial charge < -0.3 is 14.0 Å². The van der Waals surface area contributed by atoms with E-state index in [0.717, 1.165) is 29.9 Å². The maximum Gasteiger partial charge on any atom is 0.303 e. The SMILES string of the molecule is CC(=O)O[C@@H]1C[C@@H]2CC[C@@H]3[C@H](CC[C@@]4(C)[C@H]3C[C@@H]([N+]3(C)CCCCC3)[C@@H]4OC(C)=O)[C@@]2(C)C[C@H]1N1CCCCC1. The number of esters is 2. The predicted octanol–water partition coefficient (Wildman–Crippen LogP) is 5.97. The Kier molecular flexibility index (Phi) is 7.85. The molecule has 0 aromatic heterocycles. The van der Waals surface area contributed by atoms with E-state index in [0.29, 0.717) is 35.3 Å². The first-order valence-corrected chi connectivity index (χ1v) is 17.0. The monoisotopic (exact) mass is 557 g/mol. The van der Waals surface area contributed by atoms with Gasteiger partial charge in [-0.05, 0) is 113 Å². The third kappa shape index (κ3) is 4.85. The zero-order chi connectivity index (χ0) is 28.3. The summed E-state index contributed by atoms with van der Waals surface area (Å²) >= 11 is 0. The van der Waals surface area contributed by atoms with Crippen LogP contribution in [0.25, 0.3) is 0 Å². The summed E-state index contributed by atoms with van der Waals surface area (Å²) < 4.78 is 13.5. The van der Waals surface area contributed by atoms with Crippen LogP contribution in [0.3, 0.4) is 0 Å². The number of quaternary nitrogens is 1. The Hall–Kier alpha value is -1.14. The minimum Gasteiger partial charge on any atom is -0.461 e. The molecule has 6 heteroatoms. The molecule has 226 valence electrons. The molecule has 0 amide bonds. The first-order valence-electron chi connectivity index (χ1n) is 17.0. The molecule has 10 atom stereocenters. The topological polar surface area (TPSA) is 55.8 Å². The van der Waals surface area contributed by atoms with Crippen LogP contribution in [-0.2, 0) is 19.1 Å². The Labute approximate surface area is 243 Å². The van der Waals surface area contributed by atoms with Gasteiger partial charge in [0.15, 0.2) is 6.10 Å². The van der Waals surface area contributed by atoms with E-state index >= 15 is 0 Å². The molecule has 6 fully saturated rings. The fourth-order valence-electron chi connectivity index (χ4n) is 11.7. The lowest BCUT2D eigenvalue weighted by molar-refractivity contribution is -0.940. The van der Waals surface area contributed by atoms with E-state index in [1.54, 1.807) is 13.8 Å². The van der Waals surface area contributed by atoms with Gasteiger partial charge in [0.25, 0.3) is 0 Å². The second kappa shape index (κ2) is 10.8. The summed E-state index contributed by atoms with van der Waals surface area (Å²) in [6.45, 7) is 13.1. The largest absolute Gasteiger partial charge is 0.461 e. The van der Waals surface area contributed by atoms with Crippen LogP contribution >= 0.6 is 0 Å². The van der Waals surface area contributed by atoms with Gasteiger partial charge >= 0.3 is 11.9 Å². The van der Waals surface area contributed by atoms with Crippen molar-refractivity contribution in [3.8, 4) is 0 Å². The standard InChI is InChI=1S/C34H57N2O4/c1-23(37)39-31-20-25-12-13-26-27(34(25,4)22-29(31)35-16-8-6-9-17-35)14-15-33(3)28(26)21-30(32(33)40-24(2)38)36(5)18-10-7-11-19-36/h25-32H,6-22H2,1-5H3/q+1/t25-,26+,27-,28-,29+,30+,31+,32-,33-,34-/m0/s1. The number of ether oxygens (including phenoxy) is 2. The third-order valence-electron chi connectivity index (χ3n) is 13.7. The first kappa shape index (κ1) is 29.0. The molecule has 2 saturated heterocycles. The number of fused-ring (bicyclic) bond motifs is 5. The van der Waals surface area contributed by atoms with Crippen molar-refractivity contribution in [2.24, 2.45) is 34.5 Å². The van der Waals surface area contributed by atoms with E-state index in [1.807, 2.05) is 0 Å². The van der Waals surface area contributed by atoms with Crippen molar-refractivity contribution in [2.75, 3.05) is 33.2 Å². The van der Waals surface area contributed by atoms with Crippen molar-refractivity contribution in [3.05, 3.63) is 0 Å². The molecule has 40 heavy (non-hydrogen) atoms. The van der Waals surface area contributed by atoms with E-state index in [-0.39, 0.29) is 29.6 Å². The summed E-state index contributed by atoms with van der Waals surface area (Å²) in [5.41, 5.74) is 0.377. The smallest absolute Gasteiger partial charge is 0.303 e. The van der Waals surface area contributed by atoms with Gasteiger partial charge in [-0.15, -0.1) is 0 Å². The quantitative estimate of drug-likeness (QED) is 0.315. The summed E-state index contributed by atoms with van der Waals surface area (Å²) in [7, 11) is 2.47. The predicted molar refractivity (Wildman–Crippen MR) is 156 cm³/mol. The van der Waals surface area contributed by atoms with Crippen LogP contribution in [0.2, 0.25) is 0 Å². The maximum atomic E-state index is 12.5. The molecule has 0 bridgehead atoms. The average Bonchev–Trinajstić information content (AvgIpc) is 3.21. The molecule has 6 aliphatic rings. The lowest BCUT2D eigenvalue weighted by atomic mass is 9.44. The van der Waals surface area contributed by atoms with Gasteiger partial charge in [-0.25, -0.2) is 0 Å². The Morgan fingerprint density at radius 2 is 1.48 bits per heavy atom. The third-order valence-corrected chi connectivity index (χ3v) is 13.7. The van der Waals surface area contributed by atoms with Crippen LogP contribution < -0.4 is 0 Å². The Bertz CT molecular complexity index is 958. The lowest BCUT2D eigenvalue weighted by Gasteiger charge is -2.62. The fraction of sp³-hybridized carbons (Fsp3) is 0.941. The number of likely N-dealkylation sites (N-methyl/N-ethyl adjacent to an activating group) is 1. The van der Waals surface area contributed by atoms with Gasteiger partial charge in [0.05, 0.1) is 20.1 Å². The molecule has 6 nitrogen and oxygen atoms in total. The molecule has 4 saturated carbocycles. The van der Waals surface area contributed by atoms with E-state index in [9.17, 15) is 9.59 Å². The summed E-state index contributed by atoms with van der Waals surface area (Å²) in [5.74, 6) is 2.50. The van der Waals surface area contributed by atoms with Crippen LogP contribution in [0.5, 0.6) is 0 Å².